The first-order valence-corrected chi connectivity index (χ1v) is 6.08. The molecule has 0 aliphatic carbocycles. The fourth-order valence-corrected chi connectivity index (χ4v) is 2.05. The van der Waals surface area contributed by atoms with Crippen LogP contribution in [-0.4, -0.2) is 36.1 Å². The van der Waals surface area contributed by atoms with Gasteiger partial charge >= 0.3 is 0 Å². The normalized spacial score (nSPS) is 24.4. The molecule has 1 heterocycles. The van der Waals surface area contributed by atoms with Gasteiger partial charge < -0.3 is 5.32 Å². The summed E-state index contributed by atoms with van der Waals surface area (Å²) in [6.07, 6.45) is 3.81. The quantitative estimate of drug-likeness (QED) is 0.729. The summed E-state index contributed by atoms with van der Waals surface area (Å²) in [5.74, 6) is 0. The minimum absolute atomic E-state index is 0.392. The zero-order valence-electron chi connectivity index (χ0n) is 10.3. The summed E-state index contributed by atoms with van der Waals surface area (Å²) < 4.78 is 0. The van der Waals surface area contributed by atoms with E-state index in [1.54, 1.807) is 0 Å². The van der Waals surface area contributed by atoms with Crippen LogP contribution in [0.5, 0.6) is 0 Å². The number of nitrogens with zero attached hydrogens (tertiary/aromatic N) is 1. The molecule has 2 heteroatoms. The molecule has 0 spiro atoms. The molecule has 0 aromatic heterocycles. The molecule has 0 amide bonds. The Morgan fingerprint density at radius 2 is 2.07 bits per heavy atom. The van der Waals surface area contributed by atoms with E-state index in [-0.39, 0.29) is 0 Å². The molecule has 14 heavy (non-hydrogen) atoms. The first kappa shape index (κ1) is 12.0. The molecule has 0 aromatic carbocycles. The molecule has 0 radical (unpaired) electrons. The average molecular weight is 198 g/mol. The van der Waals surface area contributed by atoms with E-state index < -0.39 is 0 Å². The van der Waals surface area contributed by atoms with Crippen molar-refractivity contribution < 1.29 is 0 Å². The van der Waals surface area contributed by atoms with Crippen molar-refractivity contribution in [2.24, 2.45) is 0 Å². The van der Waals surface area contributed by atoms with Crippen LogP contribution in [0.1, 0.15) is 47.0 Å². The SMILES string of the molecule is CCCNC1CCN(C(C)(C)CC)C1. The van der Waals surface area contributed by atoms with Crippen LogP contribution in [0, 0.1) is 0 Å². The van der Waals surface area contributed by atoms with Crippen LogP contribution in [0.4, 0.5) is 0 Å². The van der Waals surface area contributed by atoms with E-state index in [2.05, 4.69) is 37.9 Å². The molecule has 1 aliphatic rings. The van der Waals surface area contributed by atoms with Gasteiger partial charge in [0.05, 0.1) is 0 Å². The lowest BCUT2D eigenvalue weighted by atomic mass is 10.0. The van der Waals surface area contributed by atoms with Gasteiger partial charge in [0.15, 0.2) is 0 Å². The van der Waals surface area contributed by atoms with Crippen LogP contribution in [0.3, 0.4) is 0 Å². The summed E-state index contributed by atoms with van der Waals surface area (Å²) in [7, 11) is 0. The zero-order valence-corrected chi connectivity index (χ0v) is 10.3. The standard InChI is InChI=1S/C12H26N2/c1-5-8-13-11-7-9-14(10-11)12(3,4)6-2/h11,13H,5-10H2,1-4H3. The highest BCUT2D eigenvalue weighted by Gasteiger charge is 2.31. The zero-order chi connectivity index (χ0) is 10.6. The molecule has 0 bridgehead atoms. The van der Waals surface area contributed by atoms with Crippen molar-refractivity contribution >= 4 is 0 Å². The van der Waals surface area contributed by atoms with E-state index in [0.717, 1.165) is 6.04 Å². The van der Waals surface area contributed by atoms with Gasteiger partial charge in [0.25, 0.3) is 0 Å². The van der Waals surface area contributed by atoms with Gasteiger partial charge in [-0.25, -0.2) is 0 Å². The Bertz CT molecular complexity index is 166. The highest BCUT2D eigenvalue weighted by molar-refractivity contribution is 4.89. The molecule has 1 unspecified atom stereocenters. The lowest BCUT2D eigenvalue weighted by molar-refractivity contribution is 0.146. The van der Waals surface area contributed by atoms with Crippen LogP contribution in [-0.2, 0) is 0 Å². The van der Waals surface area contributed by atoms with E-state index in [9.17, 15) is 0 Å². The van der Waals surface area contributed by atoms with Crippen molar-refractivity contribution in [1.82, 2.24) is 10.2 Å². The summed E-state index contributed by atoms with van der Waals surface area (Å²) >= 11 is 0. The van der Waals surface area contributed by atoms with Gasteiger partial charge in [0.1, 0.15) is 0 Å². The monoisotopic (exact) mass is 198 g/mol. The summed E-state index contributed by atoms with van der Waals surface area (Å²) in [5.41, 5.74) is 0.392. The van der Waals surface area contributed by atoms with Gasteiger partial charge in [0.2, 0.25) is 0 Å². The minimum atomic E-state index is 0.392. The lowest BCUT2D eigenvalue weighted by Gasteiger charge is -2.34. The number of rotatable bonds is 5. The number of nitrogens with one attached hydrogen (secondary N) is 1. The molecule has 0 aromatic rings. The van der Waals surface area contributed by atoms with Crippen molar-refractivity contribution in [3.05, 3.63) is 0 Å². The van der Waals surface area contributed by atoms with E-state index in [4.69, 9.17) is 0 Å². The minimum Gasteiger partial charge on any atom is -0.313 e. The van der Waals surface area contributed by atoms with Gasteiger partial charge in [-0.1, -0.05) is 13.8 Å². The largest absolute Gasteiger partial charge is 0.313 e. The Balaban J connectivity index is 2.33. The molecule has 2 nitrogen and oxygen atoms in total. The van der Waals surface area contributed by atoms with Gasteiger partial charge in [-0.05, 0) is 39.7 Å². The van der Waals surface area contributed by atoms with E-state index in [1.807, 2.05) is 0 Å². The van der Waals surface area contributed by atoms with E-state index in [1.165, 1.54) is 38.9 Å². The van der Waals surface area contributed by atoms with Crippen LogP contribution < -0.4 is 5.32 Å². The first-order valence-electron chi connectivity index (χ1n) is 6.08. The molecular formula is C12H26N2. The summed E-state index contributed by atoms with van der Waals surface area (Å²) in [6, 6.07) is 0.737. The predicted molar refractivity (Wildman–Crippen MR) is 62.6 cm³/mol. The highest BCUT2D eigenvalue weighted by Crippen LogP contribution is 2.23. The Kier molecular flexibility index (Phi) is 4.39. The molecular weight excluding hydrogens is 172 g/mol. The van der Waals surface area contributed by atoms with Crippen LogP contribution in [0.15, 0.2) is 0 Å². The maximum atomic E-state index is 3.62. The highest BCUT2D eigenvalue weighted by atomic mass is 15.2. The van der Waals surface area contributed by atoms with Crippen molar-refractivity contribution in [3.8, 4) is 0 Å². The predicted octanol–water partition coefficient (Wildman–Crippen LogP) is 2.25. The molecule has 1 saturated heterocycles. The summed E-state index contributed by atoms with van der Waals surface area (Å²) in [6.45, 7) is 12.9. The van der Waals surface area contributed by atoms with Crippen LogP contribution in [0.2, 0.25) is 0 Å². The summed E-state index contributed by atoms with van der Waals surface area (Å²) in [5, 5.41) is 3.62. The smallest absolute Gasteiger partial charge is 0.0207 e. The molecule has 1 aliphatic heterocycles. The third kappa shape index (κ3) is 2.96. The van der Waals surface area contributed by atoms with E-state index >= 15 is 0 Å². The van der Waals surface area contributed by atoms with E-state index in [0.29, 0.717) is 5.54 Å². The topological polar surface area (TPSA) is 15.3 Å². The molecule has 1 atom stereocenters. The second kappa shape index (κ2) is 5.13. The van der Waals surface area contributed by atoms with Crippen LogP contribution in [0.25, 0.3) is 0 Å². The summed E-state index contributed by atoms with van der Waals surface area (Å²) in [4.78, 5) is 2.63. The Morgan fingerprint density at radius 3 is 2.64 bits per heavy atom. The van der Waals surface area contributed by atoms with Crippen LogP contribution >= 0.6 is 0 Å². The molecule has 1 N–H and O–H groups in total. The average Bonchev–Trinajstić information content (AvgIpc) is 2.63. The van der Waals surface area contributed by atoms with Gasteiger partial charge in [-0.3, -0.25) is 4.90 Å². The van der Waals surface area contributed by atoms with Crippen molar-refractivity contribution in [1.29, 1.82) is 0 Å². The third-order valence-electron chi connectivity index (χ3n) is 3.59. The van der Waals surface area contributed by atoms with Crippen molar-refractivity contribution in [3.63, 3.8) is 0 Å². The fraction of sp³-hybridized carbons (Fsp3) is 1.00. The second-order valence-corrected chi connectivity index (χ2v) is 5.05. The molecule has 84 valence electrons. The number of likely N-dealkylation sites (tertiary alicyclic amines) is 1. The third-order valence-corrected chi connectivity index (χ3v) is 3.59. The molecule has 1 rings (SSSR count). The maximum absolute atomic E-state index is 3.62. The van der Waals surface area contributed by atoms with Crippen molar-refractivity contribution in [2.45, 2.75) is 58.5 Å². The Hall–Kier alpha value is -0.0800. The van der Waals surface area contributed by atoms with Gasteiger partial charge in [-0.2, -0.15) is 0 Å². The maximum Gasteiger partial charge on any atom is 0.0207 e. The molecule has 1 fully saturated rings. The second-order valence-electron chi connectivity index (χ2n) is 5.05. The fourth-order valence-electron chi connectivity index (χ4n) is 2.05. The lowest BCUT2D eigenvalue weighted by Crippen LogP contribution is -2.43. The van der Waals surface area contributed by atoms with Gasteiger partial charge in [0, 0.05) is 24.7 Å². The number of hydrogen-bond donors (Lipinski definition) is 1. The Morgan fingerprint density at radius 1 is 1.36 bits per heavy atom. The first-order chi connectivity index (χ1) is 6.60. The molecule has 0 saturated carbocycles. The van der Waals surface area contributed by atoms with Gasteiger partial charge in [-0.15, -0.1) is 0 Å². The Labute approximate surface area is 89.1 Å². The number of hydrogen-bond acceptors (Lipinski definition) is 2. The van der Waals surface area contributed by atoms with Crippen molar-refractivity contribution in [2.75, 3.05) is 19.6 Å².